The minimum Gasteiger partial charge on any atom is -0.481 e. The van der Waals surface area contributed by atoms with Gasteiger partial charge in [0.2, 0.25) is 21.8 Å². The van der Waals surface area contributed by atoms with Crippen LogP contribution in [0, 0.1) is 18.3 Å². The topological polar surface area (TPSA) is 238 Å². The Bertz CT molecular complexity index is 1310. The maximum atomic E-state index is 13.4. The number of amides is 2. The predicted molar refractivity (Wildman–Crippen MR) is 154 cm³/mol. The molecule has 230 valence electrons. The van der Waals surface area contributed by atoms with Crippen LogP contribution in [0.3, 0.4) is 0 Å². The lowest BCUT2D eigenvalue weighted by Crippen LogP contribution is -2.57. The van der Waals surface area contributed by atoms with E-state index >= 15 is 0 Å². The second kappa shape index (κ2) is 16.1. The van der Waals surface area contributed by atoms with Crippen LogP contribution in [0.2, 0.25) is 0 Å². The van der Waals surface area contributed by atoms with Gasteiger partial charge in [0.1, 0.15) is 12.1 Å². The molecular weight excluding hydrogens is 576 g/mol. The summed E-state index contributed by atoms with van der Waals surface area (Å²) in [7, 11) is -7.75. The lowest BCUT2D eigenvalue weighted by atomic mass is 9.97. The average Bonchev–Trinajstić information content (AvgIpc) is 2.86. The molecule has 0 aliphatic heterocycles. The Morgan fingerprint density at radius 3 is 2.20 bits per heavy atom. The van der Waals surface area contributed by atoms with Crippen LogP contribution in [-0.2, 0) is 34.2 Å². The summed E-state index contributed by atoms with van der Waals surface area (Å²) in [6.45, 7) is 5.41. The third-order valence-electron chi connectivity index (χ3n) is 6.00. The van der Waals surface area contributed by atoms with Crippen LogP contribution in [-0.4, -0.2) is 76.6 Å². The number of carboxylic acids is 1. The number of carboxylic acid groups (broad SMARTS) is 1. The number of aryl methyl sites for hydroxylation is 1. The number of rotatable bonds is 17. The summed E-state index contributed by atoms with van der Waals surface area (Å²) >= 11 is 0. The molecule has 0 aromatic heterocycles. The number of carbonyl (C=O) groups is 3. The Morgan fingerprint density at radius 2 is 1.68 bits per heavy atom. The highest BCUT2D eigenvalue weighted by Gasteiger charge is 2.32. The summed E-state index contributed by atoms with van der Waals surface area (Å²) in [6.07, 6.45) is 1.99. The lowest BCUT2D eigenvalue weighted by Gasteiger charge is -2.27. The lowest BCUT2D eigenvalue weighted by molar-refractivity contribution is -0.137. The van der Waals surface area contributed by atoms with Gasteiger partial charge in [0.25, 0.3) is 0 Å². The molecular formula is C25H40N6O8S2. The van der Waals surface area contributed by atoms with Gasteiger partial charge < -0.3 is 26.8 Å². The summed E-state index contributed by atoms with van der Waals surface area (Å²) < 4.78 is 51.5. The molecule has 0 radical (unpaired) electrons. The molecule has 1 unspecified atom stereocenters. The Hall–Kier alpha value is -3.50. The fraction of sp³-hybridized carbons (Fsp3) is 0.520. The first-order valence-corrected chi connectivity index (χ1v) is 16.3. The number of hydrogen-bond donors (Lipinski definition) is 7. The van der Waals surface area contributed by atoms with Crippen LogP contribution in [0.25, 0.3) is 0 Å². The van der Waals surface area contributed by atoms with E-state index in [1.165, 1.54) is 12.1 Å². The van der Waals surface area contributed by atoms with E-state index in [0.717, 1.165) is 23.3 Å². The largest absolute Gasteiger partial charge is 0.481 e. The second-order valence-corrected chi connectivity index (χ2v) is 13.4. The van der Waals surface area contributed by atoms with Crippen molar-refractivity contribution in [3.8, 4) is 0 Å². The minimum absolute atomic E-state index is 0.00914. The van der Waals surface area contributed by atoms with Crippen LogP contribution < -0.4 is 26.4 Å². The van der Waals surface area contributed by atoms with E-state index in [0.29, 0.717) is 6.42 Å². The van der Waals surface area contributed by atoms with E-state index < -0.39 is 68.1 Å². The van der Waals surface area contributed by atoms with Crippen LogP contribution in [0.4, 0.5) is 0 Å². The van der Waals surface area contributed by atoms with Gasteiger partial charge in [-0.3, -0.25) is 19.8 Å². The third kappa shape index (κ3) is 13.6. The number of nitrogens with two attached hydrogens (primary N) is 1. The van der Waals surface area contributed by atoms with E-state index in [-0.39, 0.29) is 30.2 Å². The van der Waals surface area contributed by atoms with Crippen molar-refractivity contribution in [1.82, 2.24) is 20.7 Å². The quantitative estimate of drug-likeness (QED) is 0.0700. The van der Waals surface area contributed by atoms with Crippen LogP contribution in [0.15, 0.2) is 40.6 Å². The summed E-state index contributed by atoms with van der Waals surface area (Å²) in [5.74, 6) is -3.61. The summed E-state index contributed by atoms with van der Waals surface area (Å²) in [4.78, 5) is 37.8. The molecule has 14 nitrogen and oxygen atoms in total. The second-order valence-electron chi connectivity index (χ2n) is 9.71. The Kier molecular flexibility index (Phi) is 13.9. The number of aliphatic carboxylic acids is 1. The maximum Gasteiger partial charge on any atom is 0.305 e. The average molecular weight is 617 g/mol. The molecule has 2 amide bonds. The summed E-state index contributed by atoms with van der Waals surface area (Å²) in [5.41, 5.74) is 6.12. The zero-order valence-electron chi connectivity index (χ0n) is 23.5. The number of benzene rings is 1. The van der Waals surface area contributed by atoms with E-state index in [9.17, 15) is 36.3 Å². The van der Waals surface area contributed by atoms with Crippen LogP contribution >= 0.6 is 0 Å². The van der Waals surface area contributed by atoms with E-state index in [1.807, 2.05) is 0 Å². The predicted octanol–water partition coefficient (Wildman–Crippen LogP) is -0.0461. The standard InChI is InChI=1S/C25H40N6O8S2/c1-5-17(3)22(24(35)29-18(15-21(32)33)12-14-40(4,36)37)30-23(34)20(7-6-13-28-25(26)27)31-41(38,39)19-10-8-16(2)9-11-19/h8-12,14,17-18,20,22,31H,5-7,13,15H2,1-4H3,(H,29,35)(H,30,34)(H,32,33)(H4,26,27,28)/b14-12+/t17?,18-,20+,22+/m1/s1. The third-order valence-corrected chi connectivity index (χ3v) is 8.14. The number of sulfone groups is 1. The first-order valence-electron chi connectivity index (χ1n) is 12.8. The minimum atomic E-state index is -4.14. The fourth-order valence-corrected chi connectivity index (χ4v) is 5.27. The van der Waals surface area contributed by atoms with Gasteiger partial charge in [0.05, 0.1) is 17.4 Å². The van der Waals surface area contributed by atoms with Crippen LogP contribution in [0.5, 0.6) is 0 Å². The number of sulfonamides is 1. The van der Waals surface area contributed by atoms with Crippen molar-refractivity contribution in [3.63, 3.8) is 0 Å². The molecule has 0 saturated heterocycles. The highest BCUT2D eigenvalue weighted by Crippen LogP contribution is 2.14. The van der Waals surface area contributed by atoms with Crippen LogP contribution in [0.1, 0.15) is 45.1 Å². The smallest absolute Gasteiger partial charge is 0.305 e. The number of carbonyl (C=O) groups excluding carboxylic acids is 2. The van der Waals surface area contributed by atoms with Gasteiger partial charge >= 0.3 is 5.97 Å². The van der Waals surface area contributed by atoms with Crippen molar-refractivity contribution in [2.45, 2.75) is 69.5 Å². The Morgan fingerprint density at radius 1 is 1.07 bits per heavy atom. The molecule has 8 N–H and O–H groups in total. The van der Waals surface area contributed by atoms with Gasteiger partial charge in [-0.15, -0.1) is 0 Å². The van der Waals surface area contributed by atoms with Gasteiger partial charge in [0, 0.05) is 18.2 Å². The number of hydrogen-bond acceptors (Lipinski definition) is 8. The van der Waals surface area contributed by atoms with Gasteiger partial charge in [-0.1, -0.05) is 44.0 Å². The molecule has 0 aliphatic carbocycles. The highest BCUT2D eigenvalue weighted by atomic mass is 32.2. The van der Waals surface area contributed by atoms with Crippen molar-refractivity contribution < 1.29 is 36.3 Å². The molecule has 1 aromatic carbocycles. The van der Waals surface area contributed by atoms with Gasteiger partial charge in [-0.2, -0.15) is 4.72 Å². The molecule has 0 fully saturated rings. The monoisotopic (exact) mass is 616 g/mol. The van der Waals surface area contributed by atoms with Gasteiger partial charge in [-0.05, 0) is 37.8 Å². The number of guanidine groups is 1. The summed E-state index contributed by atoms with van der Waals surface area (Å²) in [5, 5.41) is 24.8. The molecule has 4 atom stereocenters. The first kappa shape index (κ1) is 35.5. The highest BCUT2D eigenvalue weighted by molar-refractivity contribution is 7.93. The van der Waals surface area contributed by atoms with Crippen molar-refractivity contribution >= 4 is 43.6 Å². The Balaban J connectivity index is 3.24. The maximum absolute atomic E-state index is 13.4. The van der Waals surface area contributed by atoms with Crippen molar-refractivity contribution in [3.05, 3.63) is 41.3 Å². The first-order chi connectivity index (χ1) is 18.9. The molecule has 1 aromatic rings. The van der Waals surface area contributed by atoms with Gasteiger partial charge in [-0.25, -0.2) is 16.8 Å². The normalized spacial score (nSPS) is 14.9. The SMILES string of the molecule is CCC(C)[C@H](NC(=O)[C@H](CCCNC(=N)N)NS(=O)(=O)c1ccc(C)cc1)C(=O)N[C@H](/C=C/S(C)(=O)=O)CC(=O)O. The van der Waals surface area contributed by atoms with E-state index in [1.54, 1.807) is 32.9 Å². The molecule has 0 heterocycles. The molecule has 0 spiro atoms. The molecule has 1 rings (SSSR count). The molecule has 41 heavy (non-hydrogen) atoms. The zero-order valence-corrected chi connectivity index (χ0v) is 25.1. The molecule has 0 aliphatic rings. The van der Waals surface area contributed by atoms with Crippen molar-refractivity contribution in [2.24, 2.45) is 11.7 Å². The molecule has 0 saturated carbocycles. The summed E-state index contributed by atoms with van der Waals surface area (Å²) in [6, 6.07) is 2.31. The van der Waals surface area contributed by atoms with Crippen molar-refractivity contribution in [2.75, 3.05) is 12.8 Å². The number of nitrogens with one attached hydrogen (secondary N) is 5. The van der Waals surface area contributed by atoms with E-state index in [2.05, 4.69) is 20.7 Å². The molecule has 0 bridgehead atoms. The Labute approximate surface area is 241 Å². The zero-order chi connectivity index (χ0) is 31.4. The fourth-order valence-electron chi connectivity index (χ4n) is 3.57. The van der Waals surface area contributed by atoms with Gasteiger partial charge in [0.15, 0.2) is 15.8 Å². The van der Waals surface area contributed by atoms with Crippen molar-refractivity contribution in [1.29, 1.82) is 5.41 Å². The van der Waals surface area contributed by atoms with E-state index in [4.69, 9.17) is 11.1 Å². The molecule has 16 heteroatoms.